The third kappa shape index (κ3) is 5.69. The molecule has 174 valence electrons. The first-order chi connectivity index (χ1) is 15.9. The highest BCUT2D eigenvalue weighted by atomic mass is 16.2. The van der Waals surface area contributed by atoms with E-state index in [4.69, 9.17) is 0 Å². The number of likely N-dealkylation sites (tertiary alicyclic amines) is 1. The number of piperidine rings is 1. The normalized spacial score (nSPS) is 16.9. The SMILES string of the molecule is CC(C)Cn1nc(C(=O)NCc2ccc(CN3CCCC(C)C3)cc2)c2ccccc2c1=O. The molecule has 6 heteroatoms. The molecule has 1 saturated heterocycles. The molecule has 2 aromatic carbocycles. The van der Waals surface area contributed by atoms with E-state index < -0.39 is 0 Å². The maximum atomic E-state index is 13.0. The maximum Gasteiger partial charge on any atom is 0.274 e. The van der Waals surface area contributed by atoms with Crippen LogP contribution in [0.15, 0.2) is 53.3 Å². The lowest BCUT2D eigenvalue weighted by Crippen LogP contribution is -2.33. The van der Waals surface area contributed by atoms with Crippen molar-refractivity contribution in [1.82, 2.24) is 20.0 Å². The fourth-order valence-electron chi connectivity index (χ4n) is 4.59. The second kappa shape index (κ2) is 10.3. The van der Waals surface area contributed by atoms with Gasteiger partial charge in [-0.3, -0.25) is 14.5 Å². The Labute approximate surface area is 195 Å². The van der Waals surface area contributed by atoms with E-state index in [-0.39, 0.29) is 17.4 Å². The van der Waals surface area contributed by atoms with Gasteiger partial charge >= 0.3 is 0 Å². The number of rotatable bonds is 7. The summed E-state index contributed by atoms with van der Waals surface area (Å²) in [4.78, 5) is 28.3. The topological polar surface area (TPSA) is 67.2 Å². The predicted molar refractivity (Wildman–Crippen MR) is 132 cm³/mol. The van der Waals surface area contributed by atoms with Crippen molar-refractivity contribution >= 4 is 16.7 Å². The zero-order valence-electron chi connectivity index (χ0n) is 19.9. The lowest BCUT2D eigenvalue weighted by molar-refractivity contribution is 0.0945. The minimum Gasteiger partial charge on any atom is -0.347 e. The molecule has 0 spiro atoms. The summed E-state index contributed by atoms with van der Waals surface area (Å²) in [6, 6.07) is 15.6. The molecule has 1 atom stereocenters. The molecule has 0 saturated carbocycles. The standard InChI is InChI=1S/C27H34N4O2/c1-19(2)16-31-27(33)24-9-5-4-8-23(24)25(29-31)26(32)28-15-21-10-12-22(13-11-21)18-30-14-6-7-20(3)17-30/h4-5,8-13,19-20H,6-7,14-18H2,1-3H3,(H,28,32). The van der Waals surface area contributed by atoms with Gasteiger partial charge in [-0.15, -0.1) is 0 Å². The minimum atomic E-state index is -0.268. The zero-order valence-corrected chi connectivity index (χ0v) is 19.9. The lowest BCUT2D eigenvalue weighted by Gasteiger charge is -2.30. The van der Waals surface area contributed by atoms with Gasteiger partial charge in [-0.25, -0.2) is 4.68 Å². The van der Waals surface area contributed by atoms with Gasteiger partial charge in [0.05, 0.1) is 5.39 Å². The van der Waals surface area contributed by atoms with E-state index in [9.17, 15) is 9.59 Å². The number of nitrogens with one attached hydrogen (secondary N) is 1. The van der Waals surface area contributed by atoms with Crippen LogP contribution in [0.3, 0.4) is 0 Å². The minimum absolute atomic E-state index is 0.158. The summed E-state index contributed by atoms with van der Waals surface area (Å²) in [5, 5.41) is 8.52. The molecule has 1 aliphatic heterocycles. The summed E-state index contributed by atoms with van der Waals surface area (Å²) in [6.45, 7) is 10.6. The third-order valence-electron chi connectivity index (χ3n) is 6.24. The van der Waals surface area contributed by atoms with Gasteiger partial charge in [0.25, 0.3) is 11.5 Å². The van der Waals surface area contributed by atoms with Gasteiger partial charge in [0, 0.05) is 31.6 Å². The number of aromatic nitrogens is 2. The van der Waals surface area contributed by atoms with Crippen molar-refractivity contribution in [3.05, 3.63) is 75.7 Å². The summed E-state index contributed by atoms with van der Waals surface area (Å²) in [6.07, 6.45) is 2.60. The van der Waals surface area contributed by atoms with Crippen LogP contribution in [-0.4, -0.2) is 33.7 Å². The number of hydrogen-bond acceptors (Lipinski definition) is 4. The van der Waals surface area contributed by atoms with E-state index in [0.29, 0.717) is 29.6 Å². The summed E-state index contributed by atoms with van der Waals surface area (Å²) < 4.78 is 1.41. The van der Waals surface area contributed by atoms with Gasteiger partial charge in [0.1, 0.15) is 0 Å². The predicted octanol–water partition coefficient (Wildman–Crippen LogP) is 4.21. The van der Waals surface area contributed by atoms with Crippen LogP contribution in [0.1, 0.15) is 55.2 Å². The van der Waals surface area contributed by atoms with Crippen molar-refractivity contribution in [1.29, 1.82) is 0 Å². The maximum absolute atomic E-state index is 13.0. The van der Waals surface area contributed by atoms with Crippen LogP contribution in [0, 0.1) is 11.8 Å². The van der Waals surface area contributed by atoms with Crippen molar-refractivity contribution in [3.63, 3.8) is 0 Å². The number of nitrogens with zero attached hydrogens (tertiary/aromatic N) is 3. The molecule has 33 heavy (non-hydrogen) atoms. The van der Waals surface area contributed by atoms with Crippen molar-refractivity contribution in [2.75, 3.05) is 13.1 Å². The van der Waals surface area contributed by atoms with Crippen molar-refractivity contribution in [2.45, 2.75) is 53.2 Å². The van der Waals surface area contributed by atoms with Gasteiger partial charge in [0.2, 0.25) is 0 Å². The van der Waals surface area contributed by atoms with E-state index in [1.165, 1.54) is 29.6 Å². The Morgan fingerprint density at radius 2 is 1.79 bits per heavy atom. The van der Waals surface area contributed by atoms with Gasteiger partial charge in [-0.2, -0.15) is 5.10 Å². The number of fused-ring (bicyclic) bond motifs is 1. The van der Waals surface area contributed by atoms with E-state index >= 15 is 0 Å². The average molecular weight is 447 g/mol. The Morgan fingerprint density at radius 3 is 2.48 bits per heavy atom. The summed E-state index contributed by atoms with van der Waals surface area (Å²) in [5.74, 6) is 0.752. The van der Waals surface area contributed by atoms with Crippen LogP contribution < -0.4 is 10.9 Å². The van der Waals surface area contributed by atoms with E-state index in [0.717, 1.165) is 24.6 Å². The largest absolute Gasteiger partial charge is 0.347 e. The number of hydrogen-bond donors (Lipinski definition) is 1. The molecule has 0 bridgehead atoms. The van der Waals surface area contributed by atoms with E-state index in [2.05, 4.69) is 46.5 Å². The fourth-order valence-corrected chi connectivity index (χ4v) is 4.59. The molecule has 0 aliphatic carbocycles. The van der Waals surface area contributed by atoms with Crippen molar-refractivity contribution in [3.8, 4) is 0 Å². The van der Waals surface area contributed by atoms with Crippen molar-refractivity contribution < 1.29 is 4.79 Å². The molecule has 3 aromatic rings. The zero-order chi connectivity index (χ0) is 23.4. The monoisotopic (exact) mass is 446 g/mol. The molecule has 4 rings (SSSR count). The van der Waals surface area contributed by atoms with Gasteiger partial charge < -0.3 is 5.32 Å². The number of benzene rings is 2. The van der Waals surface area contributed by atoms with Gasteiger partial charge in [-0.05, 0) is 48.4 Å². The van der Waals surface area contributed by atoms with Crippen LogP contribution in [-0.2, 0) is 19.6 Å². The van der Waals surface area contributed by atoms with Crippen LogP contribution in [0.25, 0.3) is 10.8 Å². The molecular formula is C27H34N4O2. The highest BCUT2D eigenvalue weighted by molar-refractivity contribution is 6.04. The Hall–Kier alpha value is -2.99. The first kappa shape index (κ1) is 23.2. The molecule has 1 N–H and O–H groups in total. The quantitative estimate of drug-likeness (QED) is 0.590. The highest BCUT2D eigenvalue weighted by Crippen LogP contribution is 2.18. The van der Waals surface area contributed by atoms with E-state index in [1.54, 1.807) is 12.1 Å². The Balaban J connectivity index is 1.45. The molecule has 0 radical (unpaired) electrons. The molecular weight excluding hydrogens is 412 g/mol. The molecule has 1 amide bonds. The Kier molecular flexibility index (Phi) is 7.23. The number of amides is 1. The average Bonchev–Trinajstić information content (AvgIpc) is 2.80. The highest BCUT2D eigenvalue weighted by Gasteiger charge is 2.18. The summed E-state index contributed by atoms with van der Waals surface area (Å²) in [7, 11) is 0. The lowest BCUT2D eigenvalue weighted by atomic mass is 9.99. The Bertz CT molecular complexity index is 1170. The van der Waals surface area contributed by atoms with E-state index in [1.807, 2.05) is 26.0 Å². The number of carbonyl (C=O) groups excluding carboxylic acids is 1. The smallest absolute Gasteiger partial charge is 0.274 e. The van der Waals surface area contributed by atoms with Gasteiger partial charge in [-0.1, -0.05) is 63.2 Å². The molecule has 2 heterocycles. The summed E-state index contributed by atoms with van der Waals surface area (Å²) in [5.41, 5.74) is 2.47. The Morgan fingerprint density at radius 1 is 1.09 bits per heavy atom. The van der Waals surface area contributed by atoms with Crippen LogP contribution in [0.4, 0.5) is 0 Å². The molecule has 1 unspecified atom stereocenters. The van der Waals surface area contributed by atoms with Crippen LogP contribution >= 0.6 is 0 Å². The summed E-state index contributed by atoms with van der Waals surface area (Å²) >= 11 is 0. The second-order valence-corrected chi connectivity index (χ2v) is 9.76. The molecule has 6 nitrogen and oxygen atoms in total. The molecule has 1 aromatic heterocycles. The van der Waals surface area contributed by atoms with Crippen LogP contribution in [0.5, 0.6) is 0 Å². The second-order valence-electron chi connectivity index (χ2n) is 9.76. The van der Waals surface area contributed by atoms with Gasteiger partial charge in [0.15, 0.2) is 5.69 Å². The first-order valence-electron chi connectivity index (χ1n) is 12.0. The first-order valence-corrected chi connectivity index (χ1v) is 12.0. The fraction of sp³-hybridized carbons (Fsp3) is 0.444. The molecule has 1 aliphatic rings. The third-order valence-corrected chi connectivity index (χ3v) is 6.24. The van der Waals surface area contributed by atoms with Crippen LogP contribution in [0.2, 0.25) is 0 Å². The molecule has 1 fully saturated rings. The number of carbonyl (C=O) groups is 1. The van der Waals surface area contributed by atoms with Crippen molar-refractivity contribution in [2.24, 2.45) is 11.8 Å².